The molecular weight excluding hydrogens is 218 g/mol. The predicted molar refractivity (Wildman–Crippen MR) is 32.6 cm³/mol. The first-order chi connectivity index (χ1) is 6.13. The Morgan fingerprint density at radius 3 is 1.93 bits per heavy atom. The van der Waals surface area contributed by atoms with E-state index in [4.69, 9.17) is 0 Å². The van der Waals surface area contributed by atoms with Crippen molar-refractivity contribution in [3.05, 3.63) is 0 Å². The number of hydrogen-bond acceptors (Lipinski definition) is 2. The van der Waals surface area contributed by atoms with Gasteiger partial charge in [-0.05, 0) is 0 Å². The summed E-state index contributed by atoms with van der Waals surface area (Å²) in [6.45, 7) is -2.55. The maximum Gasteiger partial charge on any atom is 0.450 e. The Bertz CT molecular complexity index is 193. The molecule has 0 heterocycles. The zero-order chi connectivity index (χ0) is 11.4. The summed E-state index contributed by atoms with van der Waals surface area (Å²) in [6.07, 6.45) is -10.7. The van der Waals surface area contributed by atoms with Crippen LogP contribution < -0.4 is 0 Å². The average molecular weight is 224 g/mol. The van der Waals surface area contributed by atoms with Crippen LogP contribution in [0.3, 0.4) is 0 Å². The number of rotatable bonds is 4. The largest absolute Gasteiger partial charge is 0.450 e. The lowest BCUT2D eigenvalue weighted by Gasteiger charge is -2.07. The van der Waals surface area contributed by atoms with Gasteiger partial charge in [-0.2, -0.15) is 26.3 Å². The van der Waals surface area contributed by atoms with Crippen molar-refractivity contribution in [2.45, 2.75) is 18.8 Å². The van der Waals surface area contributed by atoms with Crippen LogP contribution in [-0.2, 0) is 9.53 Å². The highest BCUT2D eigenvalue weighted by Crippen LogP contribution is 2.18. The lowest BCUT2D eigenvalue weighted by atomic mass is 10.3. The molecule has 14 heavy (non-hydrogen) atoms. The van der Waals surface area contributed by atoms with Crippen LogP contribution in [0.25, 0.3) is 0 Å². The standard InChI is InChI=1S/C6H6F6O2/c7-5(8,9)3-14-2-1-4(13)6(10,11)12/h1-3H2. The smallest absolute Gasteiger partial charge is 0.372 e. The third-order valence-corrected chi connectivity index (χ3v) is 1.06. The molecule has 0 aromatic rings. The lowest BCUT2D eigenvalue weighted by Crippen LogP contribution is -2.25. The molecule has 0 spiro atoms. The maximum atomic E-state index is 11.5. The van der Waals surface area contributed by atoms with Gasteiger partial charge in [0.1, 0.15) is 6.61 Å². The lowest BCUT2D eigenvalue weighted by molar-refractivity contribution is -0.181. The summed E-state index contributed by atoms with van der Waals surface area (Å²) in [6, 6.07) is 0. The van der Waals surface area contributed by atoms with E-state index >= 15 is 0 Å². The van der Waals surface area contributed by atoms with Gasteiger partial charge < -0.3 is 4.74 Å². The summed E-state index contributed by atoms with van der Waals surface area (Å²) in [5, 5.41) is 0. The van der Waals surface area contributed by atoms with Gasteiger partial charge in [-0.3, -0.25) is 4.79 Å². The molecule has 0 rings (SSSR count). The summed E-state index contributed by atoms with van der Waals surface area (Å²) in [5.74, 6) is -2.10. The molecule has 84 valence electrons. The molecule has 0 saturated heterocycles. The highest BCUT2D eigenvalue weighted by atomic mass is 19.4. The Morgan fingerprint density at radius 1 is 1.07 bits per heavy atom. The molecule has 0 N–H and O–H groups in total. The van der Waals surface area contributed by atoms with Crippen molar-refractivity contribution in [2.24, 2.45) is 0 Å². The normalized spacial score (nSPS) is 13.0. The van der Waals surface area contributed by atoms with Crippen molar-refractivity contribution in [2.75, 3.05) is 13.2 Å². The second kappa shape index (κ2) is 4.63. The number of alkyl halides is 6. The zero-order valence-corrected chi connectivity index (χ0v) is 6.71. The van der Waals surface area contributed by atoms with E-state index in [9.17, 15) is 31.1 Å². The first kappa shape index (κ1) is 13.2. The van der Waals surface area contributed by atoms with Gasteiger partial charge in [0, 0.05) is 6.42 Å². The molecule has 0 atom stereocenters. The van der Waals surface area contributed by atoms with Crippen LogP contribution in [0.4, 0.5) is 26.3 Å². The van der Waals surface area contributed by atoms with E-state index in [-0.39, 0.29) is 0 Å². The van der Waals surface area contributed by atoms with Crippen LogP contribution in [0.2, 0.25) is 0 Å². The third-order valence-electron chi connectivity index (χ3n) is 1.06. The molecular formula is C6H6F6O2. The van der Waals surface area contributed by atoms with Gasteiger partial charge in [-0.25, -0.2) is 0 Å². The fourth-order valence-electron chi connectivity index (χ4n) is 0.494. The first-order valence-electron chi connectivity index (χ1n) is 3.37. The molecule has 0 aliphatic carbocycles. The number of ketones is 1. The number of ether oxygens (including phenoxy) is 1. The van der Waals surface area contributed by atoms with Gasteiger partial charge in [0.15, 0.2) is 0 Å². The van der Waals surface area contributed by atoms with Crippen molar-refractivity contribution in [3.8, 4) is 0 Å². The van der Waals surface area contributed by atoms with E-state index in [2.05, 4.69) is 4.74 Å². The van der Waals surface area contributed by atoms with Crippen LogP contribution in [0.15, 0.2) is 0 Å². The maximum absolute atomic E-state index is 11.5. The number of carbonyl (C=O) groups is 1. The topological polar surface area (TPSA) is 26.3 Å². The summed E-state index contributed by atoms with van der Waals surface area (Å²) >= 11 is 0. The molecule has 2 nitrogen and oxygen atoms in total. The second-order valence-electron chi connectivity index (χ2n) is 2.34. The van der Waals surface area contributed by atoms with Crippen molar-refractivity contribution in [1.29, 1.82) is 0 Å². The fraction of sp³-hybridized carbons (Fsp3) is 0.833. The van der Waals surface area contributed by atoms with Crippen molar-refractivity contribution in [1.82, 2.24) is 0 Å². The molecule has 0 fully saturated rings. The van der Waals surface area contributed by atoms with Crippen molar-refractivity contribution < 1.29 is 35.9 Å². The molecule has 8 heteroatoms. The number of halogens is 6. The van der Waals surface area contributed by atoms with Gasteiger partial charge in [0.05, 0.1) is 6.61 Å². The van der Waals surface area contributed by atoms with Crippen LogP contribution in [0.5, 0.6) is 0 Å². The van der Waals surface area contributed by atoms with Crippen LogP contribution in [-0.4, -0.2) is 31.3 Å². The molecule has 0 saturated carbocycles. The van der Waals surface area contributed by atoms with Crippen LogP contribution in [0.1, 0.15) is 6.42 Å². The Hall–Kier alpha value is -0.790. The van der Waals surface area contributed by atoms with E-state index in [0.717, 1.165) is 0 Å². The van der Waals surface area contributed by atoms with Gasteiger partial charge >= 0.3 is 12.4 Å². The Balaban J connectivity index is 3.62. The van der Waals surface area contributed by atoms with Gasteiger partial charge in [0.2, 0.25) is 5.78 Å². The number of hydrogen-bond donors (Lipinski definition) is 0. The van der Waals surface area contributed by atoms with E-state index in [1.807, 2.05) is 0 Å². The van der Waals surface area contributed by atoms with Crippen molar-refractivity contribution >= 4 is 5.78 Å². The third kappa shape index (κ3) is 6.70. The fourth-order valence-corrected chi connectivity index (χ4v) is 0.494. The van der Waals surface area contributed by atoms with Gasteiger partial charge in [0.25, 0.3) is 0 Å². The highest BCUT2D eigenvalue weighted by Gasteiger charge is 2.37. The minimum atomic E-state index is -5.01. The molecule has 0 aliphatic heterocycles. The zero-order valence-electron chi connectivity index (χ0n) is 6.71. The Labute approximate surface area is 74.8 Å². The monoisotopic (exact) mass is 224 g/mol. The van der Waals surface area contributed by atoms with E-state index in [0.29, 0.717) is 0 Å². The highest BCUT2D eigenvalue weighted by molar-refractivity contribution is 5.83. The SMILES string of the molecule is O=C(CCOCC(F)(F)F)C(F)(F)F. The molecule has 0 aromatic carbocycles. The van der Waals surface area contributed by atoms with Crippen LogP contribution >= 0.6 is 0 Å². The quantitative estimate of drug-likeness (QED) is 0.539. The van der Waals surface area contributed by atoms with E-state index in [1.165, 1.54) is 0 Å². The average Bonchev–Trinajstić information content (AvgIpc) is 1.93. The molecule has 0 aromatic heterocycles. The van der Waals surface area contributed by atoms with Gasteiger partial charge in [-0.15, -0.1) is 0 Å². The Morgan fingerprint density at radius 2 is 1.57 bits per heavy atom. The minimum Gasteiger partial charge on any atom is -0.372 e. The van der Waals surface area contributed by atoms with E-state index < -0.39 is 37.8 Å². The van der Waals surface area contributed by atoms with Gasteiger partial charge in [-0.1, -0.05) is 0 Å². The Kier molecular flexibility index (Phi) is 4.37. The second-order valence-corrected chi connectivity index (χ2v) is 2.34. The van der Waals surface area contributed by atoms with Crippen molar-refractivity contribution in [3.63, 3.8) is 0 Å². The summed E-state index contributed by atoms with van der Waals surface area (Å²) in [4.78, 5) is 10.1. The van der Waals surface area contributed by atoms with E-state index in [1.54, 1.807) is 0 Å². The molecule has 0 aliphatic rings. The minimum absolute atomic E-state index is 0.891. The summed E-state index contributed by atoms with van der Waals surface area (Å²) in [5.41, 5.74) is 0. The number of carbonyl (C=O) groups excluding carboxylic acids is 1. The first-order valence-corrected chi connectivity index (χ1v) is 3.37. The molecule has 0 amide bonds. The molecule has 0 radical (unpaired) electrons. The van der Waals surface area contributed by atoms with Crippen LogP contribution in [0, 0.1) is 0 Å². The summed E-state index contributed by atoms with van der Waals surface area (Å²) < 4.78 is 72.4. The predicted octanol–water partition coefficient (Wildman–Crippen LogP) is 2.09. The molecule has 0 bridgehead atoms. The summed E-state index contributed by atoms with van der Waals surface area (Å²) in [7, 11) is 0. The molecule has 0 unspecified atom stereocenters. The number of Topliss-reactive ketones (excluding diaryl/α,β-unsaturated/α-hetero) is 1.